The predicted octanol–water partition coefficient (Wildman–Crippen LogP) is 4.47. The Hall–Kier alpha value is -1.45. The van der Waals surface area contributed by atoms with Crippen molar-refractivity contribution in [1.82, 2.24) is 10.3 Å². The van der Waals surface area contributed by atoms with Gasteiger partial charge in [0.05, 0.1) is 5.02 Å². The zero-order valence-electron chi connectivity index (χ0n) is 12.4. The number of pyridine rings is 1. The zero-order chi connectivity index (χ0) is 15.2. The molecular weight excluding hydrogens is 287 g/mol. The molecule has 0 saturated carbocycles. The summed E-state index contributed by atoms with van der Waals surface area (Å²) in [5, 5.41) is 3.69. The number of nitrogens with zero attached hydrogens (tertiary/aromatic N) is 1. The molecule has 1 aromatic heterocycles. The van der Waals surface area contributed by atoms with Crippen molar-refractivity contribution in [3.63, 3.8) is 0 Å². The molecule has 112 valence electrons. The van der Waals surface area contributed by atoms with Gasteiger partial charge in [0.25, 0.3) is 0 Å². The molecule has 0 saturated heterocycles. The van der Waals surface area contributed by atoms with E-state index in [1.54, 1.807) is 12.3 Å². The molecule has 0 fully saturated rings. The quantitative estimate of drug-likeness (QED) is 0.852. The molecule has 4 heteroatoms. The highest BCUT2D eigenvalue weighted by atomic mass is 35.5. The first-order valence-corrected chi connectivity index (χ1v) is 7.57. The summed E-state index contributed by atoms with van der Waals surface area (Å²) in [7, 11) is 0. The molecule has 1 N–H and O–H groups in total. The topological polar surface area (TPSA) is 24.9 Å². The van der Waals surface area contributed by atoms with Crippen LogP contribution in [0.25, 0.3) is 0 Å². The molecule has 0 spiro atoms. The SMILES string of the molecule is CCCNC(Cc1ccc(Cl)c(F)c1)c1ccncc1C. The van der Waals surface area contributed by atoms with Crippen LogP contribution < -0.4 is 5.32 Å². The van der Waals surface area contributed by atoms with E-state index < -0.39 is 0 Å². The van der Waals surface area contributed by atoms with Crippen LogP contribution in [-0.2, 0) is 6.42 Å². The molecule has 2 aromatic rings. The highest BCUT2D eigenvalue weighted by Crippen LogP contribution is 2.23. The Labute approximate surface area is 130 Å². The van der Waals surface area contributed by atoms with Crippen molar-refractivity contribution in [3.05, 3.63) is 64.2 Å². The summed E-state index contributed by atoms with van der Waals surface area (Å²) in [5.74, 6) is -0.366. The summed E-state index contributed by atoms with van der Waals surface area (Å²) in [4.78, 5) is 4.14. The predicted molar refractivity (Wildman–Crippen MR) is 85.1 cm³/mol. The van der Waals surface area contributed by atoms with Crippen LogP contribution in [0.15, 0.2) is 36.7 Å². The fourth-order valence-electron chi connectivity index (χ4n) is 2.39. The van der Waals surface area contributed by atoms with E-state index in [1.165, 1.54) is 11.6 Å². The van der Waals surface area contributed by atoms with Crippen molar-refractivity contribution in [2.75, 3.05) is 6.54 Å². The minimum absolute atomic E-state index is 0.147. The van der Waals surface area contributed by atoms with Gasteiger partial charge in [0.1, 0.15) is 5.82 Å². The third-order valence-electron chi connectivity index (χ3n) is 3.50. The first-order valence-electron chi connectivity index (χ1n) is 7.19. The second-order valence-corrected chi connectivity index (χ2v) is 5.60. The van der Waals surface area contributed by atoms with Gasteiger partial charge in [-0.25, -0.2) is 4.39 Å². The van der Waals surface area contributed by atoms with Crippen LogP contribution in [0.5, 0.6) is 0 Å². The monoisotopic (exact) mass is 306 g/mol. The van der Waals surface area contributed by atoms with Crippen molar-refractivity contribution in [3.8, 4) is 0 Å². The number of benzene rings is 1. The van der Waals surface area contributed by atoms with E-state index in [0.29, 0.717) is 0 Å². The summed E-state index contributed by atoms with van der Waals surface area (Å²) >= 11 is 5.74. The third-order valence-corrected chi connectivity index (χ3v) is 3.81. The molecule has 0 aliphatic rings. The van der Waals surface area contributed by atoms with E-state index in [2.05, 4.69) is 17.2 Å². The van der Waals surface area contributed by atoms with E-state index in [-0.39, 0.29) is 16.9 Å². The number of rotatable bonds is 6. The fraction of sp³-hybridized carbons (Fsp3) is 0.353. The fourth-order valence-corrected chi connectivity index (χ4v) is 2.51. The second kappa shape index (κ2) is 7.53. The number of hydrogen-bond donors (Lipinski definition) is 1. The normalized spacial score (nSPS) is 12.4. The van der Waals surface area contributed by atoms with Gasteiger partial charge in [-0.2, -0.15) is 0 Å². The molecule has 0 amide bonds. The number of hydrogen-bond acceptors (Lipinski definition) is 2. The van der Waals surface area contributed by atoms with Crippen LogP contribution in [0, 0.1) is 12.7 Å². The number of halogens is 2. The molecule has 0 aliphatic heterocycles. The Bertz CT molecular complexity index is 601. The average Bonchev–Trinajstić information content (AvgIpc) is 2.48. The molecule has 0 aliphatic carbocycles. The first-order chi connectivity index (χ1) is 10.1. The summed E-state index contributed by atoms with van der Waals surface area (Å²) in [6.07, 6.45) is 5.43. The molecule has 1 atom stereocenters. The lowest BCUT2D eigenvalue weighted by Gasteiger charge is -2.21. The van der Waals surface area contributed by atoms with E-state index in [4.69, 9.17) is 11.6 Å². The van der Waals surface area contributed by atoms with Crippen molar-refractivity contribution in [2.45, 2.75) is 32.7 Å². The smallest absolute Gasteiger partial charge is 0.142 e. The van der Waals surface area contributed by atoms with E-state index in [0.717, 1.165) is 30.5 Å². The Kier molecular flexibility index (Phi) is 5.71. The third kappa shape index (κ3) is 4.26. The van der Waals surface area contributed by atoms with Crippen LogP contribution in [0.3, 0.4) is 0 Å². The lowest BCUT2D eigenvalue weighted by Crippen LogP contribution is -2.25. The summed E-state index contributed by atoms with van der Waals surface area (Å²) in [6, 6.07) is 7.17. The molecule has 0 bridgehead atoms. The van der Waals surface area contributed by atoms with Gasteiger partial charge in [0, 0.05) is 18.4 Å². The molecular formula is C17H20ClFN2. The van der Waals surface area contributed by atoms with Gasteiger partial charge in [0.15, 0.2) is 0 Å². The van der Waals surface area contributed by atoms with Crippen LogP contribution in [0.1, 0.15) is 36.1 Å². The summed E-state index contributed by atoms with van der Waals surface area (Å²) < 4.78 is 13.6. The standard InChI is InChI=1S/C17H20ClFN2/c1-3-7-21-17(14-6-8-20-11-12(14)2)10-13-4-5-15(18)16(19)9-13/h4-6,8-9,11,17,21H,3,7,10H2,1-2H3. The molecule has 1 unspecified atom stereocenters. The molecule has 2 nitrogen and oxygen atoms in total. The van der Waals surface area contributed by atoms with Gasteiger partial charge in [-0.15, -0.1) is 0 Å². The number of aryl methyl sites for hydroxylation is 1. The van der Waals surface area contributed by atoms with Crippen molar-refractivity contribution >= 4 is 11.6 Å². The van der Waals surface area contributed by atoms with Crippen LogP contribution in [0.4, 0.5) is 4.39 Å². The van der Waals surface area contributed by atoms with Crippen molar-refractivity contribution < 1.29 is 4.39 Å². The minimum atomic E-state index is -0.366. The Morgan fingerprint density at radius 2 is 2.14 bits per heavy atom. The Morgan fingerprint density at radius 3 is 2.81 bits per heavy atom. The van der Waals surface area contributed by atoms with E-state index >= 15 is 0 Å². The zero-order valence-corrected chi connectivity index (χ0v) is 13.1. The van der Waals surface area contributed by atoms with Gasteiger partial charge in [-0.05, 0) is 61.2 Å². The Balaban J connectivity index is 2.24. The van der Waals surface area contributed by atoms with Crippen LogP contribution in [-0.4, -0.2) is 11.5 Å². The molecule has 1 aromatic carbocycles. The van der Waals surface area contributed by atoms with E-state index in [1.807, 2.05) is 25.3 Å². The van der Waals surface area contributed by atoms with Gasteiger partial charge in [-0.1, -0.05) is 24.6 Å². The maximum absolute atomic E-state index is 13.6. The molecule has 21 heavy (non-hydrogen) atoms. The number of aromatic nitrogens is 1. The Morgan fingerprint density at radius 1 is 1.33 bits per heavy atom. The van der Waals surface area contributed by atoms with Crippen molar-refractivity contribution in [1.29, 1.82) is 0 Å². The lowest BCUT2D eigenvalue weighted by molar-refractivity contribution is 0.524. The second-order valence-electron chi connectivity index (χ2n) is 5.19. The lowest BCUT2D eigenvalue weighted by atomic mass is 9.96. The maximum atomic E-state index is 13.6. The summed E-state index contributed by atoms with van der Waals surface area (Å²) in [6.45, 7) is 5.10. The van der Waals surface area contributed by atoms with Gasteiger partial charge in [0.2, 0.25) is 0 Å². The van der Waals surface area contributed by atoms with Crippen LogP contribution in [0.2, 0.25) is 5.02 Å². The highest BCUT2D eigenvalue weighted by molar-refractivity contribution is 6.30. The van der Waals surface area contributed by atoms with Crippen molar-refractivity contribution in [2.24, 2.45) is 0 Å². The highest BCUT2D eigenvalue weighted by Gasteiger charge is 2.14. The molecule has 2 rings (SSSR count). The largest absolute Gasteiger partial charge is 0.310 e. The average molecular weight is 307 g/mol. The molecule has 0 radical (unpaired) electrons. The number of nitrogens with one attached hydrogen (secondary N) is 1. The van der Waals surface area contributed by atoms with E-state index in [9.17, 15) is 4.39 Å². The minimum Gasteiger partial charge on any atom is -0.310 e. The van der Waals surface area contributed by atoms with Gasteiger partial charge < -0.3 is 5.32 Å². The molecule has 1 heterocycles. The maximum Gasteiger partial charge on any atom is 0.142 e. The summed E-state index contributed by atoms with van der Waals surface area (Å²) in [5.41, 5.74) is 3.27. The van der Waals surface area contributed by atoms with Gasteiger partial charge >= 0.3 is 0 Å². The first kappa shape index (κ1) is 15.9. The van der Waals surface area contributed by atoms with Gasteiger partial charge in [-0.3, -0.25) is 4.98 Å². The van der Waals surface area contributed by atoms with Crippen LogP contribution >= 0.6 is 11.6 Å².